The maximum Gasteiger partial charge on any atom is 0.290 e. The van der Waals surface area contributed by atoms with E-state index in [0.29, 0.717) is 39.7 Å². The van der Waals surface area contributed by atoms with Crippen LogP contribution in [0.15, 0.2) is 41.6 Å². The topological polar surface area (TPSA) is 91.3 Å². The highest BCUT2D eigenvalue weighted by atomic mass is 32.2. The number of hydrogen-bond donors (Lipinski definition) is 1. The molecule has 3 aromatic rings. The fourth-order valence-corrected chi connectivity index (χ4v) is 4.86. The van der Waals surface area contributed by atoms with Crippen LogP contribution >= 0.6 is 11.8 Å². The molecular weight excluding hydrogens is 455 g/mol. The second kappa shape index (κ2) is 9.11. The number of fused-ring (bicyclic) bond motifs is 1. The Morgan fingerprint density at radius 2 is 1.88 bits per heavy atom. The molecule has 2 fully saturated rings. The van der Waals surface area contributed by atoms with E-state index in [1.165, 1.54) is 12.4 Å². The monoisotopic (exact) mass is 478 g/mol. The molecule has 2 amide bonds. The number of imide groups is 1. The van der Waals surface area contributed by atoms with Crippen molar-refractivity contribution >= 4 is 45.7 Å². The lowest BCUT2D eigenvalue weighted by atomic mass is 10.1. The van der Waals surface area contributed by atoms with E-state index in [9.17, 15) is 9.59 Å². The molecule has 2 aliphatic rings. The first-order valence-electron chi connectivity index (χ1n) is 11.0. The van der Waals surface area contributed by atoms with Gasteiger partial charge in [-0.15, -0.1) is 0 Å². The van der Waals surface area contributed by atoms with Gasteiger partial charge in [-0.3, -0.25) is 19.8 Å². The summed E-state index contributed by atoms with van der Waals surface area (Å²) in [5.74, 6) is -0.758. The Balaban J connectivity index is 1.46. The van der Waals surface area contributed by atoms with Crippen molar-refractivity contribution in [2.45, 2.75) is 19.9 Å². The Labute approximate surface area is 200 Å². The largest absolute Gasteiger partial charge is 0.367 e. The van der Waals surface area contributed by atoms with E-state index in [2.05, 4.69) is 43.9 Å². The number of thioether (sulfide) groups is 1. The predicted octanol–water partition coefficient (Wildman–Crippen LogP) is 3.69. The summed E-state index contributed by atoms with van der Waals surface area (Å²) in [4.78, 5) is 41.3. The highest BCUT2D eigenvalue weighted by molar-refractivity contribution is 8.18. The Kier molecular flexibility index (Phi) is 6.01. The quantitative estimate of drug-likeness (QED) is 0.568. The van der Waals surface area contributed by atoms with Gasteiger partial charge in [0.2, 0.25) is 0 Å². The number of pyridine rings is 1. The van der Waals surface area contributed by atoms with Crippen molar-refractivity contribution in [2.24, 2.45) is 0 Å². The van der Waals surface area contributed by atoms with Crippen LogP contribution in [0.2, 0.25) is 0 Å². The first-order valence-corrected chi connectivity index (χ1v) is 11.9. The number of benzene rings is 1. The lowest BCUT2D eigenvalue weighted by Crippen LogP contribution is -2.49. The van der Waals surface area contributed by atoms with Crippen molar-refractivity contribution in [3.8, 4) is 11.3 Å². The molecule has 1 N–H and O–H groups in total. The maximum absolute atomic E-state index is 15.2. The number of piperazine rings is 1. The smallest absolute Gasteiger partial charge is 0.290 e. The van der Waals surface area contributed by atoms with Gasteiger partial charge in [0.25, 0.3) is 11.1 Å². The third kappa shape index (κ3) is 4.38. The lowest BCUT2D eigenvalue weighted by molar-refractivity contribution is -0.115. The van der Waals surface area contributed by atoms with Crippen molar-refractivity contribution in [3.63, 3.8) is 0 Å². The zero-order chi connectivity index (χ0) is 23.8. The van der Waals surface area contributed by atoms with Crippen molar-refractivity contribution in [3.05, 3.63) is 53.1 Å². The van der Waals surface area contributed by atoms with Crippen LogP contribution in [-0.2, 0) is 4.79 Å². The number of carbonyl (C=O) groups excluding carboxylic acids is 2. The molecule has 0 saturated carbocycles. The van der Waals surface area contributed by atoms with Gasteiger partial charge in [-0.2, -0.15) is 0 Å². The summed E-state index contributed by atoms with van der Waals surface area (Å²) in [6.45, 7) is 7.71. The van der Waals surface area contributed by atoms with Gasteiger partial charge in [0.05, 0.1) is 21.8 Å². The summed E-state index contributed by atoms with van der Waals surface area (Å²) >= 11 is 0.826. The number of nitrogens with zero attached hydrogens (tertiary/aromatic N) is 5. The molecule has 2 aromatic heterocycles. The number of rotatable bonds is 4. The number of hydrogen-bond acceptors (Lipinski definition) is 8. The normalized spacial score (nSPS) is 18.4. The number of amides is 2. The number of nitrogens with one attached hydrogen (secondary N) is 1. The SMILES string of the molecule is CC(C)N1CCN(c2ccc(-c3ncnc4ccc(C=C5SC(=O)NC5=O)nc34)cc2F)CC1. The summed E-state index contributed by atoms with van der Waals surface area (Å²) in [6.07, 6.45) is 2.97. The van der Waals surface area contributed by atoms with Gasteiger partial charge < -0.3 is 4.90 Å². The molecule has 0 radical (unpaired) electrons. The minimum absolute atomic E-state index is 0.267. The fourth-order valence-electron chi connectivity index (χ4n) is 4.19. The van der Waals surface area contributed by atoms with Crippen molar-refractivity contribution in [1.29, 1.82) is 0 Å². The standard InChI is InChI=1S/C24H23FN6O2S/c1-14(2)30-7-9-31(10-8-30)19-6-3-15(11-17(19)25)21-22-18(26-13-27-21)5-4-16(28-22)12-20-23(32)29-24(33)34-20/h3-6,11-14H,7-10H2,1-2H3,(H,29,32,33). The van der Waals surface area contributed by atoms with E-state index in [-0.39, 0.29) is 10.7 Å². The third-order valence-corrected chi connectivity index (χ3v) is 6.84. The highest BCUT2D eigenvalue weighted by Crippen LogP contribution is 2.30. The zero-order valence-corrected chi connectivity index (χ0v) is 19.6. The molecule has 34 heavy (non-hydrogen) atoms. The van der Waals surface area contributed by atoms with Crippen molar-refractivity contribution in [1.82, 2.24) is 25.2 Å². The molecule has 0 bridgehead atoms. The molecule has 1 aromatic carbocycles. The number of aromatic nitrogens is 3. The minimum Gasteiger partial charge on any atom is -0.367 e. The molecule has 5 rings (SSSR count). The molecule has 174 valence electrons. The number of anilines is 1. The van der Waals surface area contributed by atoms with Crippen LogP contribution in [0.5, 0.6) is 0 Å². The molecule has 0 unspecified atom stereocenters. The highest BCUT2D eigenvalue weighted by Gasteiger charge is 2.25. The maximum atomic E-state index is 15.2. The van der Waals surface area contributed by atoms with E-state index in [4.69, 9.17) is 0 Å². The van der Waals surface area contributed by atoms with Crippen LogP contribution in [-0.4, -0.2) is 63.2 Å². The Bertz CT molecular complexity index is 1320. The van der Waals surface area contributed by atoms with Crippen LogP contribution in [0.4, 0.5) is 14.9 Å². The first-order chi connectivity index (χ1) is 16.4. The summed E-state index contributed by atoms with van der Waals surface area (Å²) < 4.78 is 15.2. The van der Waals surface area contributed by atoms with E-state index in [0.717, 1.165) is 37.9 Å². The second-order valence-electron chi connectivity index (χ2n) is 8.46. The zero-order valence-electron chi connectivity index (χ0n) is 18.8. The Hall–Kier alpha value is -3.37. The third-order valence-electron chi connectivity index (χ3n) is 6.03. The summed E-state index contributed by atoms with van der Waals surface area (Å²) in [7, 11) is 0. The Morgan fingerprint density at radius 3 is 2.56 bits per heavy atom. The number of halogens is 1. The van der Waals surface area contributed by atoms with Crippen LogP contribution < -0.4 is 10.2 Å². The molecule has 0 aliphatic carbocycles. The van der Waals surface area contributed by atoms with E-state index < -0.39 is 11.1 Å². The van der Waals surface area contributed by atoms with Crippen LogP contribution in [0, 0.1) is 5.82 Å². The minimum atomic E-state index is -0.451. The second-order valence-corrected chi connectivity index (χ2v) is 9.48. The average Bonchev–Trinajstić information content (AvgIpc) is 3.15. The van der Waals surface area contributed by atoms with Gasteiger partial charge in [-0.25, -0.2) is 19.3 Å². The summed E-state index contributed by atoms with van der Waals surface area (Å²) in [5, 5.41) is 1.81. The van der Waals surface area contributed by atoms with E-state index in [1.54, 1.807) is 24.3 Å². The van der Waals surface area contributed by atoms with Gasteiger partial charge in [0, 0.05) is 37.8 Å². The molecule has 0 atom stereocenters. The van der Waals surface area contributed by atoms with Gasteiger partial charge in [0.1, 0.15) is 23.4 Å². The van der Waals surface area contributed by atoms with Gasteiger partial charge in [-0.1, -0.05) is 6.07 Å². The molecule has 2 aliphatic heterocycles. The fraction of sp³-hybridized carbons (Fsp3) is 0.292. The molecule has 10 heteroatoms. The van der Waals surface area contributed by atoms with Crippen LogP contribution in [0.1, 0.15) is 19.5 Å². The van der Waals surface area contributed by atoms with Crippen LogP contribution in [0.25, 0.3) is 28.4 Å². The van der Waals surface area contributed by atoms with E-state index >= 15 is 4.39 Å². The number of carbonyl (C=O) groups is 2. The lowest BCUT2D eigenvalue weighted by Gasteiger charge is -2.38. The molecule has 0 spiro atoms. The summed E-state index contributed by atoms with van der Waals surface area (Å²) in [6, 6.07) is 9.08. The van der Waals surface area contributed by atoms with Crippen LogP contribution in [0.3, 0.4) is 0 Å². The van der Waals surface area contributed by atoms with Crippen molar-refractivity contribution in [2.75, 3.05) is 31.1 Å². The van der Waals surface area contributed by atoms with Gasteiger partial charge in [-0.05, 0) is 56.0 Å². The van der Waals surface area contributed by atoms with E-state index in [1.807, 2.05) is 6.07 Å². The summed E-state index contributed by atoms with van der Waals surface area (Å²) in [5.41, 5.74) is 3.24. The molecule has 4 heterocycles. The van der Waals surface area contributed by atoms with Crippen molar-refractivity contribution < 1.29 is 14.0 Å². The molecule has 8 nitrogen and oxygen atoms in total. The van der Waals surface area contributed by atoms with Gasteiger partial charge in [0.15, 0.2) is 0 Å². The predicted molar refractivity (Wildman–Crippen MR) is 131 cm³/mol. The molecule has 2 saturated heterocycles. The van der Waals surface area contributed by atoms with Gasteiger partial charge >= 0.3 is 0 Å². The first kappa shape index (κ1) is 22.4. The Morgan fingerprint density at radius 1 is 1.09 bits per heavy atom. The molecular formula is C24H23FN6O2S. The average molecular weight is 479 g/mol.